The van der Waals surface area contributed by atoms with Crippen molar-refractivity contribution in [1.29, 1.82) is 0 Å². The predicted molar refractivity (Wildman–Crippen MR) is 68.8 cm³/mol. The van der Waals surface area contributed by atoms with Crippen LogP contribution in [0.3, 0.4) is 0 Å². The molecule has 1 N–H and O–H groups in total. The Balaban J connectivity index is 1.79. The molecule has 3 rings (SSSR count). The minimum atomic E-state index is -4.46. The summed E-state index contributed by atoms with van der Waals surface area (Å²) in [6, 6.07) is 1.48. The molecule has 0 radical (unpaired) electrons. The van der Waals surface area contributed by atoms with Gasteiger partial charge in [-0.05, 0) is 25.8 Å². The number of aromatic nitrogens is 4. The number of nitrogens with one attached hydrogen (secondary N) is 1. The van der Waals surface area contributed by atoms with Gasteiger partial charge in [-0.2, -0.15) is 18.3 Å². The highest BCUT2D eigenvalue weighted by atomic mass is 19.4. The molecule has 21 heavy (non-hydrogen) atoms. The Kier molecular flexibility index (Phi) is 3.40. The fraction of sp³-hybridized carbons (Fsp3) is 0.462. The van der Waals surface area contributed by atoms with E-state index in [2.05, 4.69) is 20.4 Å². The number of hydrogen-bond donors (Lipinski definition) is 1. The Hall–Kier alpha value is -1.96. The highest BCUT2D eigenvalue weighted by Gasteiger charge is 2.33. The molecule has 0 spiro atoms. The van der Waals surface area contributed by atoms with Crippen molar-refractivity contribution < 1.29 is 13.2 Å². The minimum absolute atomic E-state index is 0.137. The van der Waals surface area contributed by atoms with E-state index in [0.29, 0.717) is 12.6 Å². The van der Waals surface area contributed by atoms with Crippen molar-refractivity contribution in [2.24, 2.45) is 0 Å². The molecule has 0 aliphatic heterocycles. The van der Waals surface area contributed by atoms with Gasteiger partial charge in [0.05, 0.1) is 0 Å². The van der Waals surface area contributed by atoms with E-state index in [1.54, 1.807) is 6.20 Å². The molecule has 1 aliphatic carbocycles. The lowest BCUT2D eigenvalue weighted by Gasteiger charge is -2.07. The summed E-state index contributed by atoms with van der Waals surface area (Å²) in [5, 5.41) is 6.80. The quantitative estimate of drug-likeness (QED) is 0.940. The van der Waals surface area contributed by atoms with Crippen molar-refractivity contribution in [3.63, 3.8) is 0 Å². The Labute approximate surface area is 119 Å². The number of hydrogen-bond acceptors (Lipinski definition) is 4. The Bertz CT molecular complexity index is 645. The van der Waals surface area contributed by atoms with Gasteiger partial charge >= 0.3 is 6.18 Å². The maximum absolute atomic E-state index is 12.5. The second-order valence-corrected chi connectivity index (χ2v) is 5.08. The smallest absolute Gasteiger partial charge is 0.310 e. The molecule has 1 saturated carbocycles. The van der Waals surface area contributed by atoms with E-state index >= 15 is 0 Å². The maximum Gasteiger partial charge on any atom is 0.435 e. The van der Waals surface area contributed by atoms with Crippen molar-refractivity contribution in [1.82, 2.24) is 25.1 Å². The van der Waals surface area contributed by atoms with E-state index in [1.807, 2.05) is 6.92 Å². The molecule has 1 aliphatic rings. The Morgan fingerprint density at radius 2 is 2.14 bits per heavy atom. The van der Waals surface area contributed by atoms with Crippen molar-refractivity contribution in [3.8, 4) is 5.95 Å². The zero-order valence-electron chi connectivity index (χ0n) is 11.4. The Morgan fingerprint density at radius 3 is 2.71 bits per heavy atom. The number of halogens is 3. The third-order valence-corrected chi connectivity index (χ3v) is 3.31. The SMILES string of the molecule is Cc1nc(-n2ccc(C(F)(F)F)n2)ncc1CNC1CC1. The fourth-order valence-corrected chi connectivity index (χ4v) is 1.89. The van der Waals surface area contributed by atoms with Crippen LogP contribution >= 0.6 is 0 Å². The van der Waals surface area contributed by atoms with Crippen molar-refractivity contribution in [3.05, 3.63) is 35.4 Å². The maximum atomic E-state index is 12.5. The van der Waals surface area contributed by atoms with Gasteiger partial charge < -0.3 is 5.32 Å². The first-order valence-electron chi connectivity index (χ1n) is 6.62. The first-order valence-corrected chi connectivity index (χ1v) is 6.62. The molecular weight excluding hydrogens is 283 g/mol. The number of rotatable bonds is 4. The molecule has 1 fully saturated rings. The van der Waals surface area contributed by atoms with Gasteiger partial charge in [0.25, 0.3) is 5.95 Å². The van der Waals surface area contributed by atoms with Crippen molar-refractivity contribution in [2.45, 2.75) is 38.5 Å². The third-order valence-electron chi connectivity index (χ3n) is 3.31. The molecule has 5 nitrogen and oxygen atoms in total. The Morgan fingerprint density at radius 1 is 1.38 bits per heavy atom. The van der Waals surface area contributed by atoms with Gasteiger partial charge in [-0.15, -0.1) is 0 Å². The van der Waals surface area contributed by atoms with E-state index in [4.69, 9.17) is 0 Å². The summed E-state index contributed by atoms with van der Waals surface area (Å²) in [4.78, 5) is 8.30. The summed E-state index contributed by atoms with van der Waals surface area (Å²) in [6.45, 7) is 2.48. The standard InChI is InChI=1S/C13H14F3N5/c1-8-9(6-17-10-2-3-10)7-18-12(19-8)21-5-4-11(20-21)13(14,15)16/h4-5,7,10,17H,2-3,6H2,1H3. The minimum Gasteiger partial charge on any atom is -0.310 e. The molecule has 8 heteroatoms. The van der Waals surface area contributed by atoms with E-state index in [-0.39, 0.29) is 5.95 Å². The van der Waals surface area contributed by atoms with Crippen LogP contribution in [0.5, 0.6) is 0 Å². The molecule has 2 aromatic heterocycles. The lowest BCUT2D eigenvalue weighted by Crippen LogP contribution is -2.17. The van der Waals surface area contributed by atoms with Crippen LogP contribution in [-0.4, -0.2) is 25.8 Å². The van der Waals surface area contributed by atoms with E-state index < -0.39 is 11.9 Å². The van der Waals surface area contributed by atoms with Gasteiger partial charge in [0.15, 0.2) is 5.69 Å². The zero-order chi connectivity index (χ0) is 15.0. The van der Waals surface area contributed by atoms with Crippen LogP contribution in [0.1, 0.15) is 29.8 Å². The molecule has 0 atom stereocenters. The fourth-order valence-electron chi connectivity index (χ4n) is 1.89. The van der Waals surface area contributed by atoms with Gasteiger partial charge in [-0.25, -0.2) is 14.6 Å². The van der Waals surface area contributed by atoms with E-state index in [9.17, 15) is 13.2 Å². The van der Waals surface area contributed by atoms with Crippen molar-refractivity contribution in [2.75, 3.05) is 0 Å². The summed E-state index contributed by atoms with van der Waals surface area (Å²) in [5.41, 5.74) is 0.717. The predicted octanol–water partition coefficient (Wildman–Crippen LogP) is 2.24. The summed E-state index contributed by atoms with van der Waals surface area (Å²) < 4.78 is 38.6. The number of nitrogens with zero attached hydrogens (tertiary/aromatic N) is 4. The average molecular weight is 297 g/mol. The topological polar surface area (TPSA) is 55.6 Å². The lowest BCUT2D eigenvalue weighted by atomic mass is 10.2. The molecule has 2 aromatic rings. The van der Waals surface area contributed by atoms with Gasteiger partial charge in [0.2, 0.25) is 0 Å². The van der Waals surface area contributed by atoms with E-state index in [0.717, 1.165) is 22.0 Å². The van der Waals surface area contributed by atoms with Gasteiger partial charge in [0.1, 0.15) is 0 Å². The summed E-state index contributed by atoms with van der Waals surface area (Å²) in [5.74, 6) is 0.137. The van der Waals surface area contributed by atoms with E-state index in [1.165, 1.54) is 19.0 Å². The zero-order valence-corrected chi connectivity index (χ0v) is 11.4. The molecule has 0 aromatic carbocycles. The molecule has 0 saturated heterocycles. The first kappa shape index (κ1) is 14.0. The van der Waals surface area contributed by atoms with Crippen LogP contribution in [0, 0.1) is 6.92 Å². The molecule has 2 heterocycles. The second kappa shape index (κ2) is 5.10. The first-order chi connectivity index (χ1) is 9.93. The molecule has 0 bridgehead atoms. The summed E-state index contributed by atoms with van der Waals surface area (Å²) in [6.07, 6.45) is 0.743. The summed E-state index contributed by atoms with van der Waals surface area (Å²) >= 11 is 0. The average Bonchev–Trinajstić information content (AvgIpc) is 3.09. The van der Waals surface area contributed by atoms with Crippen LogP contribution in [0.4, 0.5) is 13.2 Å². The third kappa shape index (κ3) is 3.21. The number of aryl methyl sites for hydroxylation is 1. The highest BCUT2D eigenvalue weighted by Crippen LogP contribution is 2.27. The molecule has 0 unspecified atom stereocenters. The van der Waals surface area contributed by atoms with Crippen LogP contribution in [0.15, 0.2) is 18.5 Å². The normalized spacial score (nSPS) is 15.4. The number of alkyl halides is 3. The van der Waals surface area contributed by atoms with Crippen LogP contribution in [0.25, 0.3) is 5.95 Å². The van der Waals surface area contributed by atoms with Crippen LogP contribution in [-0.2, 0) is 12.7 Å². The van der Waals surface area contributed by atoms with Crippen LogP contribution < -0.4 is 5.32 Å². The van der Waals surface area contributed by atoms with Crippen LogP contribution in [0.2, 0.25) is 0 Å². The second-order valence-electron chi connectivity index (χ2n) is 5.08. The molecule has 0 amide bonds. The van der Waals surface area contributed by atoms with Gasteiger partial charge in [0, 0.05) is 36.2 Å². The monoisotopic (exact) mass is 297 g/mol. The van der Waals surface area contributed by atoms with Crippen molar-refractivity contribution >= 4 is 0 Å². The molecular formula is C13H14F3N5. The summed E-state index contributed by atoms with van der Waals surface area (Å²) in [7, 11) is 0. The largest absolute Gasteiger partial charge is 0.435 e. The molecule has 112 valence electrons. The van der Waals surface area contributed by atoms with Gasteiger partial charge in [-0.3, -0.25) is 0 Å². The lowest BCUT2D eigenvalue weighted by molar-refractivity contribution is -0.141. The van der Waals surface area contributed by atoms with Gasteiger partial charge in [-0.1, -0.05) is 0 Å². The highest BCUT2D eigenvalue weighted by molar-refractivity contribution is 5.22.